The Morgan fingerprint density at radius 2 is 1.96 bits per heavy atom. The van der Waals surface area contributed by atoms with Gasteiger partial charge in [0.1, 0.15) is 0 Å². The molecule has 3 rings (SSSR count). The molecule has 3 amide bonds. The van der Waals surface area contributed by atoms with Gasteiger partial charge in [0, 0.05) is 17.8 Å². The number of imide groups is 1. The summed E-state index contributed by atoms with van der Waals surface area (Å²) >= 11 is 0. The average Bonchev–Trinajstić information content (AvgIpc) is 3.29. The first-order chi connectivity index (χ1) is 12.8. The molecule has 0 radical (unpaired) electrons. The van der Waals surface area contributed by atoms with Gasteiger partial charge in [-0.15, -0.1) is 0 Å². The summed E-state index contributed by atoms with van der Waals surface area (Å²) in [6.45, 7) is 7.12. The second kappa shape index (κ2) is 7.34. The molecule has 2 aromatic rings. The molecular weight excluding hydrogens is 350 g/mol. The monoisotopic (exact) mass is 373 g/mol. The fraction of sp³-hybridized carbons (Fsp3) is 0.500. The largest absolute Gasteiger partial charge is 0.449 e. The zero-order valence-electron chi connectivity index (χ0n) is 15.8. The maximum absolute atomic E-state index is 12.6. The van der Waals surface area contributed by atoms with E-state index in [2.05, 4.69) is 20.7 Å². The molecule has 2 aromatic heterocycles. The maximum Gasteiger partial charge on any atom is 0.339 e. The van der Waals surface area contributed by atoms with E-state index in [-0.39, 0.29) is 17.6 Å². The summed E-state index contributed by atoms with van der Waals surface area (Å²) in [5.74, 6) is -1.35. The number of esters is 1. The van der Waals surface area contributed by atoms with Gasteiger partial charge in [0.2, 0.25) is 0 Å². The number of ether oxygens (including phenoxy) is 1. The Morgan fingerprint density at radius 3 is 2.59 bits per heavy atom. The molecule has 1 fully saturated rings. The van der Waals surface area contributed by atoms with Gasteiger partial charge in [-0.05, 0) is 46.6 Å². The van der Waals surface area contributed by atoms with Gasteiger partial charge < -0.3 is 10.1 Å². The molecule has 1 unspecified atom stereocenters. The topological polar surface area (TPSA) is 115 Å². The van der Waals surface area contributed by atoms with Gasteiger partial charge in [-0.2, -0.15) is 5.10 Å². The van der Waals surface area contributed by atoms with Gasteiger partial charge >= 0.3 is 12.0 Å². The Labute approximate surface area is 156 Å². The van der Waals surface area contributed by atoms with E-state index in [1.165, 1.54) is 6.92 Å². The molecule has 1 saturated carbocycles. The number of urea groups is 1. The average molecular weight is 373 g/mol. The van der Waals surface area contributed by atoms with Crippen LogP contribution in [0.15, 0.2) is 12.3 Å². The molecule has 2 N–H and O–H groups in total. The van der Waals surface area contributed by atoms with Crippen molar-refractivity contribution in [3.63, 3.8) is 0 Å². The summed E-state index contributed by atoms with van der Waals surface area (Å²) in [5, 5.41) is 9.65. The van der Waals surface area contributed by atoms with Crippen LogP contribution in [-0.2, 0) is 9.53 Å². The number of aromatic nitrogens is 3. The summed E-state index contributed by atoms with van der Waals surface area (Å²) in [4.78, 5) is 40.8. The molecule has 0 aromatic carbocycles. The van der Waals surface area contributed by atoms with Crippen LogP contribution in [0, 0.1) is 6.92 Å². The molecule has 0 saturated heterocycles. The molecule has 0 spiro atoms. The first-order valence-electron chi connectivity index (χ1n) is 8.93. The van der Waals surface area contributed by atoms with Gasteiger partial charge in [0.05, 0.1) is 17.1 Å². The van der Waals surface area contributed by atoms with Crippen LogP contribution in [0.25, 0.3) is 11.0 Å². The maximum atomic E-state index is 12.6. The zero-order chi connectivity index (χ0) is 19.7. The van der Waals surface area contributed by atoms with Crippen molar-refractivity contribution in [2.24, 2.45) is 0 Å². The smallest absolute Gasteiger partial charge is 0.339 e. The number of amides is 3. The normalized spacial score (nSPS) is 14.9. The Kier molecular flexibility index (Phi) is 5.11. The lowest BCUT2D eigenvalue weighted by atomic mass is 10.1. The molecule has 2 heterocycles. The van der Waals surface area contributed by atoms with Crippen molar-refractivity contribution in [1.29, 1.82) is 0 Å². The molecule has 27 heavy (non-hydrogen) atoms. The van der Waals surface area contributed by atoms with Crippen molar-refractivity contribution in [1.82, 2.24) is 25.4 Å². The lowest BCUT2D eigenvalue weighted by molar-refractivity contribution is -0.127. The second-order valence-electron chi connectivity index (χ2n) is 7.02. The number of carbonyl (C=O) groups is 3. The molecule has 9 heteroatoms. The Balaban J connectivity index is 1.73. The molecule has 1 atom stereocenters. The standard InChI is InChI=1S/C18H23N5O4/c1-9(2)23-15-14(8-19-23)13(7-10(3)20-15)17(25)27-11(4)16(24)22-18(26)21-12-5-6-12/h7-9,11-12H,5-6H2,1-4H3,(H2,21,22,24,26). The summed E-state index contributed by atoms with van der Waals surface area (Å²) in [6, 6.07) is 1.23. The highest BCUT2D eigenvalue weighted by atomic mass is 16.5. The minimum Gasteiger partial charge on any atom is -0.449 e. The summed E-state index contributed by atoms with van der Waals surface area (Å²) < 4.78 is 6.98. The van der Waals surface area contributed by atoms with Crippen molar-refractivity contribution in [3.05, 3.63) is 23.5 Å². The first kappa shape index (κ1) is 18.8. The zero-order valence-corrected chi connectivity index (χ0v) is 15.8. The molecule has 1 aliphatic rings. The number of fused-ring (bicyclic) bond motifs is 1. The van der Waals surface area contributed by atoms with E-state index in [0.29, 0.717) is 16.7 Å². The number of rotatable bonds is 5. The van der Waals surface area contributed by atoms with Crippen LogP contribution in [-0.4, -0.2) is 44.8 Å². The molecule has 1 aliphatic carbocycles. The molecule has 144 valence electrons. The SMILES string of the molecule is Cc1cc(C(=O)OC(C)C(=O)NC(=O)NC2CC2)c2cnn(C(C)C)c2n1. The van der Waals surface area contributed by atoms with Crippen LogP contribution in [0.5, 0.6) is 0 Å². The van der Waals surface area contributed by atoms with E-state index in [0.717, 1.165) is 12.8 Å². The highest BCUT2D eigenvalue weighted by Gasteiger charge is 2.27. The van der Waals surface area contributed by atoms with Gasteiger partial charge in [0.15, 0.2) is 11.8 Å². The van der Waals surface area contributed by atoms with Crippen LogP contribution in [0.1, 0.15) is 55.7 Å². The second-order valence-corrected chi connectivity index (χ2v) is 7.02. The van der Waals surface area contributed by atoms with Gasteiger partial charge in [-0.25, -0.2) is 19.3 Å². The Morgan fingerprint density at radius 1 is 1.26 bits per heavy atom. The first-order valence-corrected chi connectivity index (χ1v) is 8.93. The number of hydrogen-bond acceptors (Lipinski definition) is 6. The van der Waals surface area contributed by atoms with Crippen LogP contribution in [0.4, 0.5) is 4.79 Å². The van der Waals surface area contributed by atoms with Crippen molar-refractivity contribution in [3.8, 4) is 0 Å². The van der Waals surface area contributed by atoms with Crippen LogP contribution >= 0.6 is 0 Å². The molecular formula is C18H23N5O4. The van der Waals surface area contributed by atoms with Crippen molar-refractivity contribution in [2.75, 3.05) is 0 Å². The Hall–Kier alpha value is -2.97. The van der Waals surface area contributed by atoms with E-state index in [1.54, 1.807) is 23.9 Å². The highest BCUT2D eigenvalue weighted by Crippen LogP contribution is 2.22. The van der Waals surface area contributed by atoms with Gasteiger partial charge in [-0.1, -0.05) is 0 Å². The van der Waals surface area contributed by atoms with E-state index in [9.17, 15) is 14.4 Å². The molecule has 0 bridgehead atoms. The van der Waals surface area contributed by atoms with Crippen molar-refractivity contribution < 1.29 is 19.1 Å². The highest BCUT2D eigenvalue weighted by molar-refractivity contribution is 6.04. The van der Waals surface area contributed by atoms with Crippen molar-refractivity contribution in [2.45, 2.75) is 58.7 Å². The van der Waals surface area contributed by atoms with Gasteiger partial charge in [-0.3, -0.25) is 10.1 Å². The number of nitrogens with one attached hydrogen (secondary N) is 2. The van der Waals surface area contributed by atoms with E-state index >= 15 is 0 Å². The third-order valence-corrected chi connectivity index (χ3v) is 4.21. The molecule has 9 nitrogen and oxygen atoms in total. The van der Waals surface area contributed by atoms with Crippen LogP contribution < -0.4 is 10.6 Å². The van der Waals surface area contributed by atoms with E-state index in [4.69, 9.17) is 4.74 Å². The summed E-state index contributed by atoms with van der Waals surface area (Å²) in [7, 11) is 0. The number of hydrogen-bond donors (Lipinski definition) is 2. The predicted octanol–water partition coefficient (Wildman–Crippen LogP) is 1.85. The summed E-state index contributed by atoms with van der Waals surface area (Å²) in [6.07, 6.45) is 2.26. The predicted molar refractivity (Wildman–Crippen MR) is 97.2 cm³/mol. The molecule has 0 aliphatic heterocycles. The quantitative estimate of drug-likeness (QED) is 0.773. The summed E-state index contributed by atoms with van der Waals surface area (Å²) in [5.41, 5.74) is 1.50. The van der Waals surface area contributed by atoms with Crippen molar-refractivity contribution >= 4 is 28.9 Å². The number of pyridine rings is 1. The number of carbonyl (C=O) groups excluding carboxylic acids is 3. The third-order valence-electron chi connectivity index (χ3n) is 4.21. The lowest BCUT2D eigenvalue weighted by Gasteiger charge is -2.14. The van der Waals surface area contributed by atoms with Crippen LogP contribution in [0.3, 0.4) is 0 Å². The number of aryl methyl sites for hydroxylation is 1. The lowest BCUT2D eigenvalue weighted by Crippen LogP contribution is -2.45. The minimum absolute atomic E-state index is 0.0790. The fourth-order valence-corrected chi connectivity index (χ4v) is 2.63. The van der Waals surface area contributed by atoms with Gasteiger partial charge in [0.25, 0.3) is 5.91 Å². The Bertz CT molecular complexity index is 901. The number of nitrogens with zero attached hydrogens (tertiary/aromatic N) is 3. The van der Waals surface area contributed by atoms with E-state index < -0.39 is 24.0 Å². The van der Waals surface area contributed by atoms with Crippen LogP contribution in [0.2, 0.25) is 0 Å². The minimum atomic E-state index is -1.12. The fourth-order valence-electron chi connectivity index (χ4n) is 2.63. The van der Waals surface area contributed by atoms with E-state index in [1.807, 2.05) is 13.8 Å². The third kappa shape index (κ3) is 4.24.